The van der Waals surface area contributed by atoms with Crippen molar-refractivity contribution in [3.8, 4) is 6.07 Å². The summed E-state index contributed by atoms with van der Waals surface area (Å²) in [6.07, 6.45) is 3.60. The number of anilines is 2. The molecule has 1 saturated carbocycles. The van der Waals surface area contributed by atoms with E-state index < -0.39 is 0 Å². The fourth-order valence-corrected chi connectivity index (χ4v) is 4.75. The van der Waals surface area contributed by atoms with Gasteiger partial charge in [-0.15, -0.1) is 0 Å². The average molecular weight is 358 g/mol. The van der Waals surface area contributed by atoms with Crippen LogP contribution in [0.25, 0.3) is 11.0 Å². The molecule has 0 aliphatic heterocycles. The van der Waals surface area contributed by atoms with Crippen LogP contribution in [0.4, 0.5) is 11.6 Å². The van der Waals surface area contributed by atoms with Gasteiger partial charge < -0.3 is 9.88 Å². The van der Waals surface area contributed by atoms with Gasteiger partial charge >= 0.3 is 0 Å². The second-order valence-corrected chi connectivity index (χ2v) is 8.68. The number of rotatable bonds is 3. The van der Waals surface area contributed by atoms with Gasteiger partial charge in [-0.3, -0.25) is 0 Å². The smallest absolute Gasteiger partial charge is 0.208 e. The minimum Gasteiger partial charge on any atom is -0.326 e. The lowest BCUT2D eigenvalue weighted by molar-refractivity contribution is 0.140. The van der Waals surface area contributed by atoms with Crippen LogP contribution in [0.1, 0.15) is 51.6 Å². The zero-order chi connectivity index (χ0) is 19.0. The molecular weight excluding hydrogens is 332 g/mol. The van der Waals surface area contributed by atoms with Gasteiger partial charge in [-0.2, -0.15) is 5.26 Å². The van der Waals surface area contributed by atoms with E-state index in [4.69, 9.17) is 10.2 Å². The van der Waals surface area contributed by atoms with E-state index >= 15 is 0 Å². The highest BCUT2D eigenvalue weighted by Gasteiger charge is 2.34. The summed E-state index contributed by atoms with van der Waals surface area (Å²) in [4.78, 5) is 4.89. The van der Waals surface area contributed by atoms with E-state index in [1.54, 1.807) is 0 Å². The predicted octanol–water partition coefficient (Wildman–Crippen LogP) is 6.04. The molecule has 0 bridgehead atoms. The molecule has 1 fully saturated rings. The number of aromatic nitrogens is 2. The van der Waals surface area contributed by atoms with Crippen LogP contribution < -0.4 is 5.32 Å². The van der Waals surface area contributed by atoms with Crippen molar-refractivity contribution in [3.63, 3.8) is 0 Å². The van der Waals surface area contributed by atoms with Gasteiger partial charge in [0, 0.05) is 11.7 Å². The van der Waals surface area contributed by atoms with Gasteiger partial charge in [0.1, 0.15) is 0 Å². The van der Waals surface area contributed by atoms with Crippen LogP contribution >= 0.6 is 0 Å². The molecular formula is C23H26N4. The standard InChI is InChI=1S/C23H26N4/c1-16-12-19(14-23(2,3)13-16)27-21-7-5-4-6-20(21)26-22(27)25-18-10-8-17(15-24)9-11-18/h4-11,16,19H,12-14H2,1-3H3,(H,25,26)/t16-,19+/m1/s1. The van der Waals surface area contributed by atoms with Gasteiger partial charge in [0.25, 0.3) is 0 Å². The lowest BCUT2D eigenvalue weighted by Gasteiger charge is -2.40. The summed E-state index contributed by atoms with van der Waals surface area (Å²) in [6, 6.07) is 18.5. The van der Waals surface area contributed by atoms with E-state index in [1.165, 1.54) is 18.4 Å². The Morgan fingerprint density at radius 2 is 1.85 bits per heavy atom. The number of nitrogens with zero attached hydrogens (tertiary/aromatic N) is 3. The van der Waals surface area contributed by atoms with Crippen LogP contribution in [0.5, 0.6) is 0 Å². The molecule has 0 spiro atoms. The molecule has 3 aromatic rings. The molecule has 4 heteroatoms. The summed E-state index contributed by atoms with van der Waals surface area (Å²) >= 11 is 0. The molecule has 1 aromatic heterocycles. The maximum absolute atomic E-state index is 9.01. The lowest BCUT2D eigenvalue weighted by atomic mass is 9.70. The van der Waals surface area contributed by atoms with Gasteiger partial charge in [-0.05, 0) is 67.0 Å². The van der Waals surface area contributed by atoms with Crippen molar-refractivity contribution in [2.75, 3.05) is 5.32 Å². The van der Waals surface area contributed by atoms with Gasteiger partial charge in [-0.25, -0.2) is 4.98 Å². The van der Waals surface area contributed by atoms with Crippen molar-refractivity contribution in [3.05, 3.63) is 54.1 Å². The first-order valence-electron chi connectivity index (χ1n) is 9.69. The molecule has 1 aliphatic rings. The number of para-hydroxylation sites is 2. The summed E-state index contributed by atoms with van der Waals surface area (Å²) < 4.78 is 2.39. The average Bonchev–Trinajstić information content (AvgIpc) is 2.98. The van der Waals surface area contributed by atoms with E-state index in [9.17, 15) is 0 Å². The number of imidazole rings is 1. The zero-order valence-electron chi connectivity index (χ0n) is 16.2. The van der Waals surface area contributed by atoms with Crippen molar-refractivity contribution in [1.82, 2.24) is 9.55 Å². The van der Waals surface area contributed by atoms with Crippen molar-refractivity contribution in [2.45, 2.75) is 46.1 Å². The van der Waals surface area contributed by atoms with Crippen LogP contribution in [-0.2, 0) is 0 Å². The number of nitrogens with one attached hydrogen (secondary N) is 1. The Balaban J connectivity index is 1.76. The highest BCUT2D eigenvalue weighted by molar-refractivity contribution is 5.80. The van der Waals surface area contributed by atoms with Gasteiger partial charge in [0.2, 0.25) is 5.95 Å². The SMILES string of the molecule is C[C@@H]1C[C@H](n2c(Nc3ccc(C#N)cc3)nc3ccccc32)CC(C)(C)C1. The Bertz CT molecular complexity index is 991. The second-order valence-electron chi connectivity index (χ2n) is 8.68. The molecule has 27 heavy (non-hydrogen) atoms. The topological polar surface area (TPSA) is 53.6 Å². The second kappa shape index (κ2) is 6.74. The third-order valence-electron chi connectivity index (χ3n) is 5.59. The molecule has 1 aliphatic carbocycles. The van der Waals surface area contributed by atoms with E-state index in [1.807, 2.05) is 30.3 Å². The number of benzene rings is 2. The molecule has 0 radical (unpaired) electrons. The first-order valence-corrected chi connectivity index (χ1v) is 9.69. The number of hydrogen-bond acceptors (Lipinski definition) is 3. The maximum Gasteiger partial charge on any atom is 0.208 e. The van der Waals surface area contributed by atoms with E-state index in [-0.39, 0.29) is 0 Å². The van der Waals surface area contributed by atoms with Crippen molar-refractivity contribution in [1.29, 1.82) is 5.26 Å². The highest BCUT2D eigenvalue weighted by Crippen LogP contribution is 2.45. The Kier molecular flexibility index (Phi) is 4.39. The molecule has 2 aromatic carbocycles. The maximum atomic E-state index is 9.01. The molecule has 2 atom stereocenters. The molecule has 0 saturated heterocycles. The van der Waals surface area contributed by atoms with Crippen molar-refractivity contribution in [2.24, 2.45) is 11.3 Å². The first-order chi connectivity index (χ1) is 12.9. The molecule has 0 amide bonds. The number of nitriles is 1. The van der Waals surface area contributed by atoms with Crippen LogP contribution in [0.15, 0.2) is 48.5 Å². The van der Waals surface area contributed by atoms with Gasteiger partial charge in [-0.1, -0.05) is 32.9 Å². The Morgan fingerprint density at radius 3 is 2.56 bits per heavy atom. The van der Waals surface area contributed by atoms with Crippen molar-refractivity contribution < 1.29 is 0 Å². The summed E-state index contributed by atoms with van der Waals surface area (Å²) in [6.45, 7) is 7.12. The number of fused-ring (bicyclic) bond motifs is 1. The summed E-state index contributed by atoms with van der Waals surface area (Å²) in [5.41, 5.74) is 4.15. The van der Waals surface area contributed by atoms with E-state index in [0.717, 1.165) is 23.6 Å². The Morgan fingerprint density at radius 1 is 1.11 bits per heavy atom. The third kappa shape index (κ3) is 3.55. The predicted molar refractivity (Wildman–Crippen MR) is 110 cm³/mol. The quantitative estimate of drug-likeness (QED) is 0.621. The fourth-order valence-electron chi connectivity index (χ4n) is 4.75. The third-order valence-corrected chi connectivity index (χ3v) is 5.59. The van der Waals surface area contributed by atoms with Crippen LogP contribution in [0.2, 0.25) is 0 Å². The summed E-state index contributed by atoms with van der Waals surface area (Å²) in [7, 11) is 0. The molecule has 4 nitrogen and oxygen atoms in total. The van der Waals surface area contributed by atoms with E-state index in [2.05, 4.69) is 54.9 Å². The van der Waals surface area contributed by atoms with Gasteiger partial charge in [0.05, 0.1) is 22.7 Å². The van der Waals surface area contributed by atoms with Crippen LogP contribution in [0, 0.1) is 22.7 Å². The first kappa shape index (κ1) is 17.6. The largest absolute Gasteiger partial charge is 0.326 e. The Hall–Kier alpha value is -2.80. The monoisotopic (exact) mass is 358 g/mol. The summed E-state index contributed by atoms with van der Waals surface area (Å²) in [5.74, 6) is 1.58. The van der Waals surface area contributed by atoms with Crippen LogP contribution in [0.3, 0.4) is 0 Å². The molecule has 4 rings (SSSR count). The lowest BCUT2D eigenvalue weighted by Crippen LogP contribution is -2.29. The minimum atomic E-state index is 0.333. The van der Waals surface area contributed by atoms with E-state index in [0.29, 0.717) is 22.9 Å². The van der Waals surface area contributed by atoms with Gasteiger partial charge in [0.15, 0.2) is 0 Å². The van der Waals surface area contributed by atoms with Crippen molar-refractivity contribution >= 4 is 22.7 Å². The summed E-state index contributed by atoms with van der Waals surface area (Å²) in [5, 5.41) is 12.5. The van der Waals surface area contributed by atoms with Crippen LogP contribution in [-0.4, -0.2) is 9.55 Å². The zero-order valence-corrected chi connectivity index (χ0v) is 16.2. The fraction of sp³-hybridized carbons (Fsp3) is 0.391. The number of hydrogen-bond donors (Lipinski definition) is 1. The normalized spacial score (nSPS) is 21.7. The molecule has 0 unspecified atom stereocenters. The molecule has 1 N–H and O–H groups in total. The highest BCUT2D eigenvalue weighted by atomic mass is 15.2. The molecule has 1 heterocycles. The minimum absolute atomic E-state index is 0.333. The molecule has 138 valence electrons. The Labute approximate surface area is 160 Å².